The SMILES string of the molecule is COc1ccc(CC(=O)C2(O)CCCCC2)cc1Br. The molecule has 0 saturated heterocycles. The van der Waals surface area contributed by atoms with Crippen LogP contribution < -0.4 is 4.74 Å². The Kier molecular flexibility index (Phi) is 4.63. The molecule has 19 heavy (non-hydrogen) atoms. The number of ether oxygens (including phenoxy) is 1. The Balaban J connectivity index is 2.08. The first-order chi connectivity index (χ1) is 9.05. The Morgan fingerprint density at radius 1 is 1.37 bits per heavy atom. The zero-order valence-electron chi connectivity index (χ0n) is 11.1. The highest BCUT2D eigenvalue weighted by molar-refractivity contribution is 9.10. The molecule has 0 unspecified atom stereocenters. The number of carbonyl (C=O) groups is 1. The zero-order chi connectivity index (χ0) is 13.9. The zero-order valence-corrected chi connectivity index (χ0v) is 12.7. The molecule has 0 amide bonds. The molecule has 3 nitrogen and oxygen atoms in total. The summed E-state index contributed by atoms with van der Waals surface area (Å²) in [4.78, 5) is 12.3. The van der Waals surface area contributed by atoms with Crippen molar-refractivity contribution in [2.24, 2.45) is 0 Å². The fourth-order valence-corrected chi connectivity index (χ4v) is 3.17. The number of Topliss-reactive ketones (excluding diaryl/α,β-unsaturated/α-hetero) is 1. The minimum Gasteiger partial charge on any atom is -0.496 e. The Hall–Kier alpha value is -0.870. The fourth-order valence-electron chi connectivity index (χ4n) is 2.59. The summed E-state index contributed by atoms with van der Waals surface area (Å²) in [6.45, 7) is 0. The van der Waals surface area contributed by atoms with Crippen LogP contribution in [-0.2, 0) is 11.2 Å². The third-order valence-electron chi connectivity index (χ3n) is 3.78. The Bertz CT molecular complexity index is 464. The van der Waals surface area contributed by atoms with Gasteiger partial charge in [-0.2, -0.15) is 0 Å². The van der Waals surface area contributed by atoms with Gasteiger partial charge in [0.2, 0.25) is 0 Å². The van der Waals surface area contributed by atoms with E-state index >= 15 is 0 Å². The van der Waals surface area contributed by atoms with E-state index in [4.69, 9.17) is 4.74 Å². The van der Waals surface area contributed by atoms with Crippen molar-refractivity contribution >= 4 is 21.7 Å². The minimum absolute atomic E-state index is 0.0655. The first-order valence-corrected chi connectivity index (χ1v) is 7.42. The van der Waals surface area contributed by atoms with E-state index in [-0.39, 0.29) is 12.2 Å². The van der Waals surface area contributed by atoms with Crippen LogP contribution in [0.4, 0.5) is 0 Å². The first kappa shape index (κ1) is 14.5. The van der Waals surface area contributed by atoms with Crippen LogP contribution >= 0.6 is 15.9 Å². The van der Waals surface area contributed by atoms with Gasteiger partial charge in [-0.15, -0.1) is 0 Å². The van der Waals surface area contributed by atoms with Crippen LogP contribution in [0.5, 0.6) is 5.75 Å². The Morgan fingerprint density at radius 2 is 2.05 bits per heavy atom. The van der Waals surface area contributed by atoms with Crippen LogP contribution in [0.2, 0.25) is 0 Å². The highest BCUT2D eigenvalue weighted by Crippen LogP contribution is 2.31. The lowest BCUT2D eigenvalue weighted by Gasteiger charge is -2.30. The number of hydrogen-bond donors (Lipinski definition) is 1. The molecule has 1 aromatic carbocycles. The molecule has 0 radical (unpaired) electrons. The number of benzene rings is 1. The van der Waals surface area contributed by atoms with Crippen molar-refractivity contribution in [2.75, 3.05) is 7.11 Å². The quantitative estimate of drug-likeness (QED) is 0.923. The van der Waals surface area contributed by atoms with Gasteiger partial charge in [-0.05, 0) is 46.5 Å². The molecule has 0 bridgehead atoms. The molecule has 0 atom stereocenters. The van der Waals surface area contributed by atoms with Gasteiger partial charge in [-0.1, -0.05) is 25.3 Å². The summed E-state index contributed by atoms with van der Waals surface area (Å²) in [7, 11) is 1.61. The Labute approximate surface area is 122 Å². The third kappa shape index (κ3) is 3.37. The third-order valence-corrected chi connectivity index (χ3v) is 4.40. The maximum Gasteiger partial charge on any atom is 0.168 e. The minimum atomic E-state index is -1.11. The molecule has 1 aromatic rings. The van der Waals surface area contributed by atoms with E-state index in [0.29, 0.717) is 12.8 Å². The summed E-state index contributed by atoms with van der Waals surface area (Å²) >= 11 is 3.41. The average molecular weight is 327 g/mol. The molecule has 1 aliphatic carbocycles. The van der Waals surface area contributed by atoms with Crippen molar-refractivity contribution in [3.8, 4) is 5.75 Å². The van der Waals surface area contributed by atoms with Crippen LogP contribution in [0.25, 0.3) is 0 Å². The lowest BCUT2D eigenvalue weighted by atomic mass is 9.80. The highest BCUT2D eigenvalue weighted by atomic mass is 79.9. The van der Waals surface area contributed by atoms with Gasteiger partial charge in [0, 0.05) is 6.42 Å². The van der Waals surface area contributed by atoms with Crippen molar-refractivity contribution in [1.29, 1.82) is 0 Å². The molecule has 104 valence electrons. The maximum atomic E-state index is 12.3. The summed E-state index contributed by atoms with van der Waals surface area (Å²) in [6.07, 6.45) is 4.47. The van der Waals surface area contributed by atoms with Crippen molar-refractivity contribution in [3.05, 3.63) is 28.2 Å². The number of hydrogen-bond acceptors (Lipinski definition) is 3. The van der Waals surface area contributed by atoms with E-state index in [1.807, 2.05) is 18.2 Å². The molecule has 0 aliphatic heterocycles. The number of rotatable bonds is 4. The lowest BCUT2D eigenvalue weighted by Crippen LogP contribution is -2.41. The predicted octanol–water partition coefficient (Wildman–Crippen LogP) is 3.26. The van der Waals surface area contributed by atoms with Crippen LogP contribution in [0, 0.1) is 0 Å². The number of aliphatic hydroxyl groups is 1. The smallest absolute Gasteiger partial charge is 0.168 e. The molecule has 1 aliphatic rings. The normalized spacial score (nSPS) is 18.1. The highest BCUT2D eigenvalue weighted by Gasteiger charge is 2.36. The molecule has 0 aromatic heterocycles. The molecule has 0 heterocycles. The predicted molar refractivity (Wildman–Crippen MR) is 77.4 cm³/mol. The van der Waals surface area contributed by atoms with Gasteiger partial charge in [0.05, 0.1) is 11.6 Å². The number of carbonyl (C=O) groups excluding carboxylic acids is 1. The summed E-state index contributed by atoms with van der Waals surface area (Å²) in [5.41, 5.74) is -0.207. The summed E-state index contributed by atoms with van der Waals surface area (Å²) in [6, 6.07) is 5.58. The van der Waals surface area contributed by atoms with Crippen molar-refractivity contribution < 1.29 is 14.6 Å². The van der Waals surface area contributed by atoms with E-state index in [2.05, 4.69) is 15.9 Å². The number of ketones is 1. The Morgan fingerprint density at radius 3 is 2.63 bits per heavy atom. The standard InChI is InChI=1S/C15H19BrO3/c1-19-13-6-5-11(9-12(13)16)10-14(17)15(18)7-3-2-4-8-15/h5-6,9,18H,2-4,7-8,10H2,1H3. The van der Waals surface area contributed by atoms with Crippen LogP contribution in [-0.4, -0.2) is 23.6 Å². The van der Waals surface area contributed by atoms with Gasteiger partial charge in [0.25, 0.3) is 0 Å². The molecule has 2 rings (SSSR count). The second-order valence-electron chi connectivity index (χ2n) is 5.16. The second-order valence-corrected chi connectivity index (χ2v) is 6.02. The van der Waals surface area contributed by atoms with Gasteiger partial charge in [-0.3, -0.25) is 4.79 Å². The van der Waals surface area contributed by atoms with Gasteiger partial charge in [0.15, 0.2) is 5.78 Å². The maximum absolute atomic E-state index is 12.3. The van der Waals surface area contributed by atoms with Gasteiger partial charge in [0.1, 0.15) is 11.4 Å². The van der Waals surface area contributed by atoms with E-state index in [0.717, 1.165) is 35.0 Å². The van der Waals surface area contributed by atoms with Gasteiger partial charge >= 0.3 is 0 Å². The van der Waals surface area contributed by atoms with Crippen molar-refractivity contribution in [1.82, 2.24) is 0 Å². The van der Waals surface area contributed by atoms with Crippen LogP contribution in [0.1, 0.15) is 37.7 Å². The van der Waals surface area contributed by atoms with E-state index in [9.17, 15) is 9.90 Å². The summed E-state index contributed by atoms with van der Waals surface area (Å²) < 4.78 is 5.99. The molecule has 1 saturated carbocycles. The average Bonchev–Trinajstić information content (AvgIpc) is 2.40. The molecule has 0 spiro atoms. The van der Waals surface area contributed by atoms with E-state index < -0.39 is 5.60 Å². The van der Waals surface area contributed by atoms with Crippen LogP contribution in [0.3, 0.4) is 0 Å². The summed E-state index contributed by atoms with van der Waals surface area (Å²) in [5.74, 6) is 0.678. The molecular weight excluding hydrogens is 308 g/mol. The first-order valence-electron chi connectivity index (χ1n) is 6.63. The lowest BCUT2D eigenvalue weighted by molar-refractivity contribution is -0.139. The molecule has 1 fully saturated rings. The van der Waals surface area contributed by atoms with E-state index in [1.54, 1.807) is 7.11 Å². The van der Waals surface area contributed by atoms with E-state index in [1.165, 1.54) is 0 Å². The molecular formula is C15H19BrO3. The monoisotopic (exact) mass is 326 g/mol. The fraction of sp³-hybridized carbons (Fsp3) is 0.533. The second kappa shape index (κ2) is 6.06. The number of halogens is 1. The topological polar surface area (TPSA) is 46.5 Å². The van der Waals surface area contributed by atoms with Crippen molar-refractivity contribution in [2.45, 2.75) is 44.1 Å². The van der Waals surface area contributed by atoms with Crippen molar-refractivity contribution in [3.63, 3.8) is 0 Å². The van der Waals surface area contributed by atoms with Crippen LogP contribution in [0.15, 0.2) is 22.7 Å². The molecule has 4 heteroatoms. The largest absolute Gasteiger partial charge is 0.496 e. The summed E-state index contributed by atoms with van der Waals surface area (Å²) in [5, 5.41) is 10.4. The molecule has 1 N–H and O–H groups in total. The van der Waals surface area contributed by atoms with Gasteiger partial charge < -0.3 is 9.84 Å². The number of methoxy groups -OCH3 is 1. The van der Waals surface area contributed by atoms with Gasteiger partial charge in [-0.25, -0.2) is 0 Å².